The third-order valence-electron chi connectivity index (χ3n) is 4.96. The summed E-state index contributed by atoms with van der Waals surface area (Å²) in [6.07, 6.45) is 0. The first kappa shape index (κ1) is 22.9. The fraction of sp³-hybridized carbons (Fsp3) is 0.250. The zero-order valence-electron chi connectivity index (χ0n) is 17.4. The van der Waals surface area contributed by atoms with Gasteiger partial charge < -0.3 is 15.0 Å². The van der Waals surface area contributed by atoms with Gasteiger partial charge in [-0.05, 0) is 43.0 Å². The Hall–Kier alpha value is -2.76. The largest absolute Gasteiger partial charge is 0.483 e. The average Bonchev–Trinajstić information content (AvgIpc) is 2.77. The molecule has 3 aromatic carbocycles. The fourth-order valence-corrected chi connectivity index (χ4v) is 3.60. The molecule has 162 valence electrons. The number of nitrogens with one attached hydrogen (secondary N) is 1. The number of hydrogen-bond acceptors (Lipinski definition) is 3. The van der Waals surface area contributed by atoms with Gasteiger partial charge in [-0.1, -0.05) is 65.7 Å². The van der Waals surface area contributed by atoms with Crippen molar-refractivity contribution in [2.24, 2.45) is 0 Å². The molecule has 1 N–H and O–H groups in total. The maximum atomic E-state index is 13.1. The summed E-state index contributed by atoms with van der Waals surface area (Å²) < 4.78 is 5.86. The van der Waals surface area contributed by atoms with E-state index >= 15 is 0 Å². The molecule has 2 amide bonds. The van der Waals surface area contributed by atoms with Crippen LogP contribution >= 0.6 is 23.2 Å². The van der Waals surface area contributed by atoms with E-state index in [0.717, 1.165) is 16.3 Å². The molecule has 5 nitrogen and oxygen atoms in total. The van der Waals surface area contributed by atoms with Gasteiger partial charge in [-0.2, -0.15) is 0 Å². The Morgan fingerprint density at radius 2 is 1.77 bits per heavy atom. The Bertz CT molecular complexity index is 1080. The summed E-state index contributed by atoms with van der Waals surface area (Å²) in [5, 5.41) is 5.53. The molecule has 0 saturated heterocycles. The Morgan fingerprint density at radius 1 is 1.03 bits per heavy atom. The standard InChI is InChI=1S/C24H24Cl2N2O3/c1-3-27-24(30)16(2)28(14-17-11-12-20(25)21(26)13-17)23(29)15-31-22-10-6-8-18-7-4-5-9-19(18)22/h4-13,16H,3,14-15H2,1-2H3,(H,27,30). The highest BCUT2D eigenvalue weighted by Crippen LogP contribution is 2.26. The Balaban J connectivity index is 1.80. The zero-order valence-corrected chi connectivity index (χ0v) is 18.9. The second kappa shape index (κ2) is 10.5. The van der Waals surface area contributed by atoms with Crippen LogP contribution in [0.3, 0.4) is 0 Å². The molecule has 1 unspecified atom stereocenters. The molecule has 0 heterocycles. The van der Waals surface area contributed by atoms with Crippen molar-refractivity contribution in [3.05, 3.63) is 76.3 Å². The summed E-state index contributed by atoms with van der Waals surface area (Å²) in [6.45, 7) is 4.01. The van der Waals surface area contributed by atoms with Crippen molar-refractivity contribution in [1.29, 1.82) is 0 Å². The molecule has 0 aliphatic heterocycles. The molecular weight excluding hydrogens is 435 g/mol. The lowest BCUT2D eigenvalue weighted by Crippen LogP contribution is -2.49. The van der Waals surface area contributed by atoms with Crippen molar-refractivity contribution in [2.75, 3.05) is 13.2 Å². The van der Waals surface area contributed by atoms with Gasteiger partial charge in [0.1, 0.15) is 11.8 Å². The molecule has 0 bridgehead atoms. The van der Waals surface area contributed by atoms with Gasteiger partial charge >= 0.3 is 0 Å². The van der Waals surface area contributed by atoms with Crippen LogP contribution in [0.15, 0.2) is 60.7 Å². The van der Waals surface area contributed by atoms with Crippen molar-refractivity contribution in [1.82, 2.24) is 10.2 Å². The molecular formula is C24H24Cl2N2O3. The number of benzene rings is 3. The van der Waals surface area contributed by atoms with Crippen molar-refractivity contribution in [3.8, 4) is 5.75 Å². The molecule has 0 radical (unpaired) electrons. The first-order valence-corrected chi connectivity index (χ1v) is 10.8. The SMILES string of the molecule is CCNC(=O)C(C)N(Cc1ccc(Cl)c(Cl)c1)C(=O)COc1cccc2ccccc12. The minimum absolute atomic E-state index is 0.195. The Morgan fingerprint density at radius 3 is 2.52 bits per heavy atom. The van der Waals surface area contributed by atoms with E-state index in [2.05, 4.69) is 5.32 Å². The topological polar surface area (TPSA) is 58.6 Å². The van der Waals surface area contributed by atoms with Gasteiger partial charge in [0.15, 0.2) is 6.61 Å². The van der Waals surface area contributed by atoms with Crippen LogP contribution in [0, 0.1) is 0 Å². The number of hydrogen-bond donors (Lipinski definition) is 1. The predicted molar refractivity (Wildman–Crippen MR) is 125 cm³/mol. The minimum Gasteiger partial charge on any atom is -0.483 e. The summed E-state index contributed by atoms with van der Waals surface area (Å²) >= 11 is 12.1. The van der Waals surface area contributed by atoms with Gasteiger partial charge in [0, 0.05) is 18.5 Å². The van der Waals surface area contributed by atoms with Gasteiger partial charge in [0.05, 0.1) is 10.0 Å². The van der Waals surface area contributed by atoms with Crippen LogP contribution < -0.4 is 10.1 Å². The number of halogens is 2. The highest BCUT2D eigenvalue weighted by molar-refractivity contribution is 6.42. The molecule has 3 rings (SSSR count). The molecule has 0 aromatic heterocycles. The van der Waals surface area contributed by atoms with Crippen LogP contribution in [-0.4, -0.2) is 35.9 Å². The molecule has 0 aliphatic carbocycles. The third-order valence-corrected chi connectivity index (χ3v) is 5.70. The Labute approximate surface area is 191 Å². The normalized spacial score (nSPS) is 11.7. The monoisotopic (exact) mass is 458 g/mol. The van der Waals surface area contributed by atoms with Crippen LogP contribution in [0.5, 0.6) is 5.75 Å². The second-order valence-corrected chi connectivity index (χ2v) is 7.92. The lowest BCUT2D eigenvalue weighted by atomic mass is 10.1. The maximum absolute atomic E-state index is 13.1. The number of nitrogens with zero attached hydrogens (tertiary/aromatic N) is 1. The molecule has 0 fully saturated rings. The van der Waals surface area contributed by atoms with E-state index in [1.54, 1.807) is 25.1 Å². The Kier molecular flexibility index (Phi) is 7.77. The van der Waals surface area contributed by atoms with Gasteiger partial charge in [-0.15, -0.1) is 0 Å². The molecule has 7 heteroatoms. The lowest BCUT2D eigenvalue weighted by molar-refractivity contribution is -0.142. The zero-order chi connectivity index (χ0) is 22.4. The van der Waals surface area contributed by atoms with E-state index in [1.807, 2.05) is 49.4 Å². The van der Waals surface area contributed by atoms with E-state index in [4.69, 9.17) is 27.9 Å². The molecule has 0 saturated carbocycles. The van der Waals surface area contributed by atoms with E-state index in [9.17, 15) is 9.59 Å². The highest BCUT2D eigenvalue weighted by atomic mass is 35.5. The van der Waals surface area contributed by atoms with Crippen LogP contribution in [0.4, 0.5) is 0 Å². The van der Waals surface area contributed by atoms with Crippen LogP contribution in [-0.2, 0) is 16.1 Å². The number of ether oxygens (including phenoxy) is 1. The molecule has 1 atom stereocenters. The number of rotatable bonds is 8. The molecule has 3 aromatic rings. The lowest BCUT2D eigenvalue weighted by Gasteiger charge is -2.28. The first-order chi connectivity index (χ1) is 14.9. The molecule has 31 heavy (non-hydrogen) atoms. The summed E-state index contributed by atoms with van der Waals surface area (Å²) in [4.78, 5) is 27.1. The van der Waals surface area contributed by atoms with Crippen LogP contribution in [0.25, 0.3) is 10.8 Å². The van der Waals surface area contributed by atoms with Crippen molar-refractivity contribution < 1.29 is 14.3 Å². The number of carbonyl (C=O) groups is 2. The van der Waals surface area contributed by atoms with E-state index in [1.165, 1.54) is 4.90 Å². The number of fused-ring (bicyclic) bond motifs is 1. The van der Waals surface area contributed by atoms with E-state index < -0.39 is 6.04 Å². The number of amides is 2. The smallest absolute Gasteiger partial charge is 0.261 e. The number of likely N-dealkylation sites (N-methyl/N-ethyl adjacent to an activating group) is 1. The molecule has 0 aliphatic rings. The summed E-state index contributed by atoms with van der Waals surface area (Å²) in [6, 6.07) is 18.0. The maximum Gasteiger partial charge on any atom is 0.261 e. The van der Waals surface area contributed by atoms with Crippen molar-refractivity contribution in [3.63, 3.8) is 0 Å². The van der Waals surface area contributed by atoms with Gasteiger partial charge in [0.25, 0.3) is 5.91 Å². The summed E-state index contributed by atoms with van der Waals surface area (Å²) in [5.41, 5.74) is 0.768. The van der Waals surface area contributed by atoms with Crippen molar-refractivity contribution >= 4 is 45.8 Å². The summed E-state index contributed by atoms with van der Waals surface area (Å²) in [7, 11) is 0. The summed E-state index contributed by atoms with van der Waals surface area (Å²) in [5.74, 6) is 0.0745. The van der Waals surface area contributed by atoms with Crippen LogP contribution in [0.2, 0.25) is 10.0 Å². The van der Waals surface area contributed by atoms with Crippen molar-refractivity contribution in [2.45, 2.75) is 26.4 Å². The quantitative estimate of drug-likeness (QED) is 0.511. The minimum atomic E-state index is -0.682. The van der Waals surface area contributed by atoms with Gasteiger partial charge in [-0.25, -0.2) is 0 Å². The van der Waals surface area contributed by atoms with E-state index in [0.29, 0.717) is 22.3 Å². The average molecular weight is 459 g/mol. The number of carbonyl (C=O) groups excluding carboxylic acids is 2. The van der Waals surface area contributed by atoms with Gasteiger partial charge in [0.2, 0.25) is 5.91 Å². The fourth-order valence-electron chi connectivity index (χ4n) is 3.28. The predicted octanol–water partition coefficient (Wildman–Crippen LogP) is 5.08. The van der Waals surface area contributed by atoms with Gasteiger partial charge in [-0.3, -0.25) is 9.59 Å². The second-order valence-electron chi connectivity index (χ2n) is 7.11. The van der Waals surface area contributed by atoms with E-state index in [-0.39, 0.29) is 25.0 Å². The highest BCUT2D eigenvalue weighted by Gasteiger charge is 2.26. The first-order valence-electron chi connectivity index (χ1n) is 10.0. The third kappa shape index (κ3) is 5.69. The van der Waals surface area contributed by atoms with Crippen LogP contribution in [0.1, 0.15) is 19.4 Å². The molecule has 0 spiro atoms.